The molecule has 0 radical (unpaired) electrons. The maximum atomic E-state index is 12.6. The second-order valence-electron chi connectivity index (χ2n) is 6.62. The summed E-state index contributed by atoms with van der Waals surface area (Å²) in [7, 11) is 0. The van der Waals surface area contributed by atoms with Crippen LogP contribution in [0, 0.1) is 0 Å². The van der Waals surface area contributed by atoms with E-state index in [1.165, 1.54) is 12.8 Å². The Labute approximate surface area is 153 Å². The molecule has 0 atom stereocenters. The molecule has 0 aliphatic carbocycles. The van der Waals surface area contributed by atoms with Gasteiger partial charge in [-0.2, -0.15) is 0 Å². The molecule has 1 amide bonds. The number of benzene rings is 1. The van der Waals surface area contributed by atoms with E-state index in [-0.39, 0.29) is 5.91 Å². The van der Waals surface area contributed by atoms with Crippen LogP contribution in [0.5, 0.6) is 11.5 Å². The van der Waals surface area contributed by atoms with Gasteiger partial charge in [-0.15, -0.1) is 0 Å². The van der Waals surface area contributed by atoms with E-state index in [1.807, 2.05) is 35.2 Å². The molecule has 136 valence electrons. The van der Waals surface area contributed by atoms with Crippen molar-refractivity contribution < 1.29 is 14.3 Å². The Hall–Kier alpha value is -2.76. The Morgan fingerprint density at radius 2 is 1.73 bits per heavy atom. The molecular weight excluding hydrogens is 330 g/mol. The molecule has 2 aromatic rings. The first-order valence-corrected chi connectivity index (χ1v) is 9.21. The van der Waals surface area contributed by atoms with Crippen LogP contribution < -0.4 is 14.8 Å². The molecule has 4 rings (SSSR count). The smallest absolute Gasteiger partial charge is 0.255 e. The molecule has 0 bridgehead atoms. The fourth-order valence-corrected chi connectivity index (χ4v) is 3.32. The van der Waals surface area contributed by atoms with Crippen molar-refractivity contribution in [1.82, 2.24) is 9.88 Å². The van der Waals surface area contributed by atoms with Crippen molar-refractivity contribution in [2.45, 2.75) is 25.7 Å². The molecule has 6 heteroatoms. The molecular formula is C20H23N3O3. The Balaban J connectivity index is 1.43. The number of anilines is 2. The predicted molar refractivity (Wildman–Crippen MR) is 99.3 cm³/mol. The summed E-state index contributed by atoms with van der Waals surface area (Å²) in [6, 6.07) is 9.37. The van der Waals surface area contributed by atoms with Crippen LogP contribution in [-0.2, 0) is 0 Å². The lowest BCUT2D eigenvalue weighted by atomic mass is 10.2. The van der Waals surface area contributed by atoms with E-state index in [2.05, 4.69) is 10.3 Å². The van der Waals surface area contributed by atoms with E-state index in [1.54, 1.807) is 6.20 Å². The number of hydrogen-bond donors (Lipinski definition) is 1. The third-order valence-corrected chi connectivity index (χ3v) is 4.72. The minimum absolute atomic E-state index is 0.0743. The molecule has 3 heterocycles. The fraction of sp³-hybridized carbons (Fsp3) is 0.400. The molecule has 26 heavy (non-hydrogen) atoms. The molecule has 2 aliphatic heterocycles. The quantitative estimate of drug-likeness (QED) is 0.913. The number of aromatic nitrogens is 1. The number of likely N-dealkylation sites (tertiary alicyclic amines) is 1. The number of amides is 1. The van der Waals surface area contributed by atoms with Crippen molar-refractivity contribution >= 4 is 17.4 Å². The molecule has 0 unspecified atom stereocenters. The summed E-state index contributed by atoms with van der Waals surface area (Å²) in [5.41, 5.74) is 1.51. The van der Waals surface area contributed by atoms with E-state index in [9.17, 15) is 4.79 Å². The Bertz CT molecular complexity index is 768. The van der Waals surface area contributed by atoms with Crippen molar-refractivity contribution in [3.63, 3.8) is 0 Å². The summed E-state index contributed by atoms with van der Waals surface area (Å²) in [5.74, 6) is 2.25. The van der Waals surface area contributed by atoms with Crippen LogP contribution in [0.4, 0.5) is 11.5 Å². The summed E-state index contributed by atoms with van der Waals surface area (Å²) in [6.07, 6.45) is 6.24. The number of fused-ring (bicyclic) bond motifs is 1. The number of carbonyl (C=O) groups excluding carboxylic acids is 1. The minimum atomic E-state index is 0.0743. The Kier molecular flexibility index (Phi) is 4.91. The molecule has 6 nitrogen and oxygen atoms in total. The molecule has 1 fully saturated rings. The normalized spacial score (nSPS) is 16.7. The lowest BCUT2D eigenvalue weighted by molar-refractivity contribution is 0.0761. The summed E-state index contributed by atoms with van der Waals surface area (Å²) < 4.78 is 11.1. The summed E-state index contributed by atoms with van der Waals surface area (Å²) in [6.45, 7) is 2.82. The number of nitrogens with zero attached hydrogens (tertiary/aromatic N) is 2. The number of ether oxygens (including phenoxy) is 2. The lowest BCUT2D eigenvalue weighted by Gasteiger charge is -2.20. The summed E-state index contributed by atoms with van der Waals surface area (Å²) >= 11 is 0. The average molecular weight is 353 g/mol. The van der Waals surface area contributed by atoms with Crippen molar-refractivity contribution in [1.29, 1.82) is 0 Å². The molecule has 2 aliphatic rings. The maximum absolute atomic E-state index is 12.6. The SMILES string of the molecule is O=C(c1ccc(Nc2ccc3c(c2)OCCO3)nc1)N1CCCCCC1. The minimum Gasteiger partial charge on any atom is -0.486 e. The third-order valence-electron chi connectivity index (χ3n) is 4.72. The Morgan fingerprint density at radius 1 is 0.962 bits per heavy atom. The molecule has 1 N–H and O–H groups in total. The van der Waals surface area contributed by atoms with Crippen LogP contribution in [0.1, 0.15) is 36.0 Å². The van der Waals surface area contributed by atoms with Crippen molar-refractivity contribution in [3.8, 4) is 11.5 Å². The first-order valence-electron chi connectivity index (χ1n) is 9.21. The maximum Gasteiger partial charge on any atom is 0.255 e. The largest absolute Gasteiger partial charge is 0.486 e. The molecule has 1 aromatic carbocycles. The van der Waals surface area contributed by atoms with Gasteiger partial charge < -0.3 is 19.7 Å². The van der Waals surface area contributed by atoms with Gasteiger partial charge in [-0.05, 0) is 37.1 Å². The first-order chi connectivity index (χ1) is 12.8. The second-order valence-corrected chi connectivity index (χ2v) is 6.62. The number of nitrogens with one attached hydrogen (secondary N) is 1. The predicted octanol–water partition coefficient (Wildman–Crippen LogP) is 3.61. The van der Waals surface area contributed by atoms with Gasteiger partial charge in [0.05, 0.1) is 5.56 Å². The van der Waals surface area contributed by atoms with E-state index < -0.39 is 0 Å². The average Bonchev–Trinajstić information content (AvgIpc) is 2.97. The van der Waals surface area contributed by atoms with Crippen LogP contribution in [0.15, 0.2) is 36.5 Å². The van der Waals surface area contributed by atoms with Gasteiger partial charge >= 0.3 is 0 Å². The number of pyridine rings is 1. The second kappa shape index (κ2) is 7.64. The van der Waals surface area contributed by atoms with E-state index in [4.69, 9.17) is 9.47 Å². The van der Waals surface area contributed by atoms with Gasteiger partial charge in [0.15, 0.2) is 11.5 Å². The van der Waals surface area contributed by atoms with Gasteiger partial charge in [-0.3, -0.25) is 4.79 Å². The topological polar surface area (TPSA) is 63.7 Å². The Morgan fingerprint density at radius 3 is 2.46 bits per heavy atom. The zero-order valence-corrected chi connectivity index (χ0v) is 14.7. The molecule has 1 saturated heterocycles. The number of hydrogen-bond acceptors (Lipinski definition) is 5. The number of rotatable bonds is 3. The highest BCUT2D eigenvalue weighted by atomic mass is 16.6. The summed E-state index contributed by atoms with van der Waals surface area (Å²) in [5, 5.41) is 3.24. The van der Waals surface area contributed by atoms with Crippen molar-refractivity contribution in [2.24, 2.45) is 0 Å². The highest BCUT2D eigenvalue weighted by Crippen LogP contribution is 2.33. The van der Waals surface area contributed by atoms with Crippen LogP contribution in [0.2, 0.25) is 0 Å². The van der Waals surface area contributed by atoms with Crippen LogP contribution in [-0.4, -0.2) is 42.1 Å². The number of carbonyl (C=O) groups is 1. The molecule has 0 spiro atoms. The van der Waals surface area contributed by atoms with Crippen LogP contribution >= 0.6 is 0 Å². The standard InChI is InChI=1S/C20H23N3O3/c24-20(23-9-3-1-2-4-10-23)15-5-8-19(21-14-15)22-16-6-7-17-18(13-16)26-12-11-25-17/h5-8,13-14H,1-4,9-12H2,(H,21,22). The van der Waals surface area contributed by atoms with Crippen LogP contribution in [0.3, 0.4) is 0 Å². The van der Waals surface area contributed by atoms with E-state index in [0.717, 1.165) is 43.1 Å². The molecule has 1 aromatic heterocycles. The lowest BCUT2D eigenvalue weighted by Crippen LogP contribution is -2.31. The third kappa shape index (κ3) is 3.74. The van der Waals surface area contributed by atoms with Gasteiger partial charge in [0.25, 0.3) is 5.91 Å². The van der Waals surface area contributed by atoms with Gasteiger partial charge in [0, 0.05) is 31.0 Å². The van der Waals surface area contributed by atoms with Gasteiger partial charge in [0.2, 0.25) is 0 Å². The van der Waals surface area contributed by atoms with Crippen molar-refractivity contribution in [2.75, 3.05) is 31.6 Å². The fourth-order valence-electron chi connectivity index (χ4n) is 3.32. The first kappa shape index (κ1) is 16.7. The molecule has 0 saturated carbocycles. The highest BCUT2D eigenvalue weighted by molar-refractivity contribution is 5.94. The zero-order valence-electron chi connectivity index (χ0n) is 14.7. The van der Waals surface area contributed by atoms with E-state index in [0.29, 0.717) is 24.6 Å². The van der Waals surface area contributed by atoms with Gasteiger partial charge in [-0.1, -0.05) is 12.8 Å². The highest BCUT2D eigenvalue weighted by Gasteiger charge is 2.17. The monoisotopic (exact) mass is 353 g/mol. The van der Waals surface area contributed by atoms with Gasteiger partial charge in [0.1, 0.15) is 19.0 Å². The van der Waals surface area contributed by atoms with E-state index >= 15 is 0 Å². The zero-order chi connectivity index (χ0) is 17.8. The van der Waals surface area contributed by atoms with Crippen LogP contribution in [0.25, 0.3) is 0 Å². The van der Waals surface area contributed by atoms with Crippen molar-refractivity contribution in [3.05, 3.63) is 42.1 Å². The van der Waals surface area contributed by atoms with Gasteiger partial charge in [-0.25, -0.2) is 4.98 Å². The summed E-state index contributed by atoms with van der Waals surface area (Å²) in [4.78, 5) is 19.0.